The zero-order valence-electron chi connectivity index (χ0n) is 6.17. The van der Waals surface area contributed by atoms with Crippen LogP contribution in [0.5, 0.6) is 0 Å². The first-order chi connectivity index (χ1) is 5.66. The third-order valence-electron chi connectivity index (χ3n) is 0. The Balaban J connectivity index is -0.0000000213. The van der Waals surface area contributed by atoms with Crippen LogP contribution in [0.3, 0.4) is 0 Å². The van der Waals surface area contributed by atoms with Gasteiger partial charge >= 0.3 is 38.7 Å². The van der Waals surface area contributed by atoms with E-state index in [0.717, 1.165) is 0 Å². The Hall–Kier alpha value is -0.121. The van der Waals surface area contributed by atoms with Crippen LogP contribution in [0.2, 0.25) is 0 Å². The fourth-order valence-corrected chi connectivity index (χ4v) is 0. The summed E-state index contributed by atoms with van der Waals surface area (Å²) >= 11 is 9.96. The summed E-state index contributed by atoms with van der Waals surface area (Å²) in [7, 11) is 0. The van der Waals surface area contributed by atoms with Gasteiger partial charge in [-0.1, -0.05) is 0 Å². The van der Waals surface area contributed by atoms with Gasteiger partial charge in [-0.2, -0.15) is 0 Å². The van der Waals surface area contributed by atoms with Crippen LogP contribution in [0.1, 0.15) is 0 Å². The van der Waals surface area contributed by atoms with Crippen molar-refractivity contribution in [2.24, 2.45) is 0 Å². The maximum atomic E-state index is 7.23. The zero-order valence-corrected chi connectivity index (χ0v) is 11.3. The van der Waals surface area contributed by atoms with Crippen molar-refractivity contribution in [2.45, 2.75) is 0 Å². The fraction of sp³-hybridized carbons (Fsp3) is 0. The molecule has 0 aliphatic rings. The van der Waals surface area contributed by atoms with E-state index in [1.54, 1.807) is 21.6 Å². The summed E-state index contributed by atoms with van der Waals surface area (Å²) in [6, 6.07) is 0. The molecule has 0 unspecified atom stereocenters. The Labute approximate surface area is 110 Å². The van der Waals surface area contributed by atoms with Crippen LogP contribution in [0.25, 0.3) is 0 Å². The first-order valence-corrected chi connectivity index (χ1v) is 3.89. The molecule has 1 radical (unpaired) electrons. The van der Waals surface area contributed by atoms with Crippen molar-refractivity contribution in [3.8, 4) is 21.6 Å². The molecule has 0 bridgehead atoms. The Kier molecular flexibility index (Phi) is 210. The van der Waals surface area contributed by atoms with Crippen molar-refractivity contribution < 1.29 is 17.1 Å². The summed E-state index contributed by atoms with van der Waals surface area (Å²) < 4.78 is 0. The van der Waals surface area contributed by atoms with Crippen LogP contribution in [0.4, 0.5) is 0 Å². The summed E-state index contributed by atoms with van der Waals surface area (Å²) in [6.07, 6.45) is 0. The van der Waals surface area contributed by atoms with Gasteiger partial charge in [-0.05, 0) is 0 Å². The molecular formula is C4H8MnN4S4+6. The van der Waals surface area contributed by atoms with Gasteiger partial charge in [-0.15, -0.1) is 21.0 Å². The molecule has 0 atom stereocenters. The molecule has 0 amide bonds. The number of rotatable bonds is 0. The summed E-state index contributed by atoms with van der Waals surface area (Å²) in [5.41, 5.74) is 0. The molecule has 0 heterocycles. The second-order valence-electron chi connectivity index (χ2n) is 0.447. The van der Waals surface area contributed by atoms with Gasteiger partial charge in [-0.25, -0.2) is 0 Å². The Bertz CT molecular complexity index is 158. The molecule has 0 aromatic carbocycles. The van der Waals surface area contributed by atoms with Gasteiger partial charge < -0.3 is 0 Å². The van der Waals surface area contributed by atoms with Crippen molar-refractivity contribution in [1.29, 1.82) is 21.0 Å². The number of nitrogens with zero attached hydrogens (tertiary/aromatic N) is 4. The SMILES string of the molecule is N#C[SH2+].N#C[SH2+].N#C[SH2+].N#C[SH2+].[Mn+2]. The predicted molar refractivity (Wildman–Crippen MR) is 63.1 cm³/mol. The normalized spacial score (nSPS) is 2.46. The van der Waals surface area contributed by atoms with E-state index in [1.807, 2.05) is 0 Å². The van der Waals surface area contributed by atoms with Crippen LogP contribution in [-0.4, -0.2) is 0 Å². The second kappa shape index (κ2) is 93.4. The summed E-state index contributed by atoms with van der Waals surface area (Å²) in [4.78, 5) is 0. The Morgan fingerprint density at radius 3 is 0.538 bits per heavy atom. The van der Waals surface area contributed by atoms with Crippen molar-refractivity contribution in [1.82, 2.24) is 0 Å². The first-order valence-electron chi connectivity index (χ1n) is 1.89. The molecule has 0 spiro atoms. The van der Waals surface area contributed by atoms with Gasteiger partial charge in [0, 0.05) is 0 Å². The van der Waals surface area contributed by atoms with Crippen LogP contribution in [-0.2, 0) is 67.6 Å². The fourth-order valence-electron chi connectivity index (χ4n) is 0. The van der Waals surface area contributed by atoms with Gasteiger partial charge in [0.2, 0.25) is 0 Å². The van der Waals surface area contributed by atoms with Crippen LogP contribution in [0, 0.1) is 42.7 Å². The summed E-state index contributed by atoms with van der Waals surface area (Å²) in [5.74, 6) is 0. The minimum atomic E-state index is 0. The molecule has 0 aromatic heterocycles. The third kappa shape index (κ3) is 79800. The summed E-state index contributed by atoms with van der Waals surface area (Å²) in [5, 5.41) is 35.2. The molecule has 0 aliphatic heterocycles. The molecule has 0 aliphatic carbocycles. The standard InChI is InChI=1S/4CHNS.Mn/c4*2-1-3;/h4*3H;/q;;;;+2/p+4. The number of hydrogen-bond acceptors (Lipinski definition) is 4. The number of hydrogen-bond donors (Lipinski definition) is 0. The molecular weight excluding hydrogens is 287 g/mol. The van der Waals surface area contributed by atoms with E-state index in [4.69, 9.17) is 21.0 Å². The van der Waals surface area contributed by atoms with Crippen LogP contribution >= 0.6 is 0 Å². The van der Waals surface area contributed by atoms with Crippen molar-refractivity contribution >= 4 is 50.5 Å². The summed E-state index contributed by atoms with van der Waals surface area (Å²) in [6.45, 7) is 0. The second-order valence-corrected chi connectivity index (χ2v) is 1.34. The predicted octanol–water partition coefficient (Wildman–Crippen LogP) is -2.09. The van der Waals surface area contributed by atoms with Gasteiger partial charge in [0.05, 0.1) is 50.5 Å². The third-order valence-corrected chi connectivity index (χ3v) is 0. The quantitative estimate of drug-likeness (QED) is 0.291. The van der Waals surface area contributed by atoms with E-state index in [9.17, 15) is 0 Å². The molecule has 0 saturated carbocycles. The smallest absolute Gasteiger partial charge is 0.136 e. The van der Waals surface area contributed by atoms with Crippen LogP contribution in [0.15, 0.2) is 0 Å². The van der Waals surface area contributed by atoms with E-state index in [1.165, 1.54) is 0 Å². The van der Waals surface area contributed by atoms with Gasteiger partial charge in [0.25, 0.3) is 0 Å². The molecule has 0 rings (SSSR count). The molecule has 0 N–H and O–H groups in total. The number of nitriles is 4. The maximum Gasteiger partial charge on any atom is 2.00 e. The van der Waals surface area contributed by atoms with Crippen molar-refractivity contribution in [3.05, 3.63) is 0 Å². The Morgan fingerprint density at radius 1 is 0.538 bits per heavy atom. The molecule has 0 fully saturated rings. The van der Waals surface area contributed by atoms with E-state index < -0.39 is 0 Å². The van der Waals surface area contributed by atoms with E-state index >= 15 is 0 Å². The average Bonchev–Trinajstić information content (AvgIpc) is 1.92. The van der Waals surface area contributed by atoms with Gasteiger partial charge in [0.1, 0.15) is 0 Å². The Morgan fingerprint density at radius 2 is 0.538 bits per heavy atom. The topological polar surface area (TPSA) is 95.2 Å². The minimum Gasteiger partial charge on any atom is -0.136 e. The molecule has 9 heteroatoms. The molecule has 0 aromatic rings. The molecule has 0 saturated heterocycles. The number of thiocyanates is 4. The van der Waals surface area contributed by atoms with E-state index in [0.29, 0.717) is 0 Å². The van der Waals surface area contributed by atoms with Crippen molar-refractivity contribution in [2.75, 3.05) is 0 Å². The monoisotopic (exact) mass is 295 g/mol. The van der Waals surface area contributed by atoms with E-state index in [-0.39, 0.29) is 17.1 Å². The van der Waals surface area contributed by atoms with Gasteiger partial charge in [0.15, 0.2) is 0 Å². The molecule has 69 valence electrons. The van der Waals surface area contributed by atoms with E-state index in [2.05, 4.69) is 50.5 Å². The minimum absolute atomic E-state index is 0. The zero-order chi connectivity index (χ0) is 10.8. The molecule has 4 nitrogen and oxygen atoms in total. The van der Waals surface area contributed by atoms with Crippen molar-refractivity contribution in [3.63, 3.8) is 0 Å². The maximum absolute atomic E-state index is 7.23. The largest absolute Gasteiger partial charge is 2.00 e. The first kappa shape index (κ1) is 29.3. The molecule has 13 heavy (non-hydrogen) atoms. The average molecular weight is 295 g/mol. The van der Waals surface area contributed by atoms with Crippen LogP contribution < -0.4 is 0 Å². The van der Waals surface area contributed by atoms with Gasteiger partial charge in [-0.3, -0.25) is 0 Å².